The van der Waals surface area contributed by atoms with Crippen molar-refractivity contribution in [2.45, 2.75) is 39.7 Å². The lowest BCUT2D eigenvalue weighted by molar-refractivity contribution is -0.122. The number of ether oxygens (including phenoxy) is 1. The SMILES string of the molecule is CCCCn1c(N2CCN(c3ccccc3)CC2)c(C=C2SC(=S)N(CCCOC)C2=O)c(C)c(C#N)c1=O. The van der Waals surface area contributed by atoms with Crippen LogP contribution in [0.4, 0.5) is 11.5 Å². The highest BCUT2D eigenvalue weighted by Gasteiger charge is 2.33. The Kier molecular flexibility index (Phi) is 9.83. The van der Waals surface area contributed by atoms with E-state index >= 15 is 0 Å². The molecule has 0 N–H and O–H groups in total. The number of thioether (sulfide) groups is 1. The predicted octanol–water partition coefficient (Wildman–Crippen LogP) is 4.39. The molecular weight excluding hydrogens is 530 g/mol. The standard InChI is InChI=1S/C29H35N5O3S2/c1-4-5-12-33-26(32-16-14-31(15-17-32)22-10-7-6-8-11-22)23(21(2)24(20-30)27(33)35)19-25-28(36)34(29(38)39-25)13-9-18-37-3/h6-8,10-11,19H,4-5,9,12-18H2,1-3H3. The number of nitriles is 1. The van der Waals surface area contributed by atoms with E-state index in [-0.39, 0.29) is 17.0 Å². The molecular formula is C29H35N5O3S2. The molecule has 2 aliphatic heterocycles. The van der Waals surface area contributed by atoms with Gasteiger partial charge < -0.3 is 14.5 Å². The van der Waals surface area contributed by atoms with Crippen LogP contribution in [0.5, 0.6) is 0 Å². The highest BCUT2D eigenvalue weighted by atomic mass is 32.2. The van der Waals surface area contributed by atoms with E-state index in [2.05, 4.69) is 34.9 Å². The van der Waals surface area contributed by atoms with Gasteiger partial charge in [0.05, 0.1) is 4.91 Å². The first-order valence-electron chi connectivity index (χ1n) is 13.4. The lowest BCUT2D eigenvalue weighted by Gasteiger charge is -2.39. The summed E-state index contributed by atoms with van der Waals surface area (Å²) in [6, 6.07) is 12.4. The fourth-order valence-electron chi connectivity index (χ4n) is 5.01. The first kappa shape index (κ1) is 28.9. The molecule has 206 valence electrons. The zero-order valence-corrected chi connectivity index (χ0v) is 24.4. The third-order valence-corrected chi connectivity index (χ3v) is 8.54. The van der Waals surface area contributed by atoms with E-state index in [4.69, 9.17) is 17.0 Å². The van der Waals surface area contributed by atoms with Crippen LogP contribution in [0, 0.1) is 18.3 Å². The number of nitrogens with zero attached hydrogens (tertiary/aromatic N) is 5. The molecule has 4 rings (SSSR count). The lowest BCUT2D eigenvalue weighted by Crippen LogP contribution is -2.48. The van der Waals surface area contributed by atoms with E-state index in [1.54, 1.807) is 23.5 Å². The van der Waals surface area contributed by atoms with Gasteiger partial charge in [0, 0.05) is 64.2 Å². The Hall–Kier alpha value is -3.13. The second-order valence-corrected chi connectivity index (χ2v) is 11.3. The maximum Gasteiger partial charge on any atom is 0.270 e. The van der Waals surface area contributed by atoms with Gasteiger partial charge in [-0.2, -0.15) is 5.26 Å². The highest BCUT2D eigenvalue weighted by Crippen LogP contribution is 2.36. The molecule has 1 aromatic carbocycles. The number of unbranched alkanes of at least 4 members (excludes halogenated alkanes) is 1. The third-order valence-electron chi connectivity index (χ3n) is 7.16. The smallest absolute Gasteiger partial charge is 0.270 e. The zero-order chi connectivity index (χ0) is 27.9. The number of carbonyl (C=O) groups excluding carboxylic acids is 1. The third kappa shape index (κ3) is 6.21. The Morgan fingerprint density at radius 1 is 1.08 bits per heavy atom. The number of hydrogen-bond acceptors (Lipinski definition) is 8. The molecule has 10 heteroatoms. The molecule has 39 heavy (non-hydrogen) atoms. The summed E-state index contributed by atoms with van der Waals surface area (Å²) >= 11 is 6.79. The van der Waals surface area contributed by atoms with Crippen LogP contribution in [-0.2, 0) is 16.1 Å². The van der Waals surface area contributed by atoms with Crippen molar-refractivity contribution in [3.05, 3.63) is 62.3 Å². The number of methoxy groups -OCH3 is 1. The van der Waals surface area contributed by atoms with Crippen molar-refractivity contribution >= 4 is 51.8 Å². The van der Waals surface area contributed by atoms with Crippen LogP contribution in [0.25, 0.3) is 6.08 Å². The largest absolute Gasteiger partial charge is 0.385 e. The molecule has 3 heterocycles. The number of amides is 1. The van der Waals surface area contributed by atoms with Crippen molar-refractivity contribution in [2.24, 2.45) is 0 Å². The molecule has 0 radical (unpaired) electrons. The van der Waals surface area contributed by atoms with Crippen molar-refractivity contribution in [2.75, 3.05) is 56.2 Å². The molecule has 0 saturated carbocycles. The normalized spacial score (nSPS) is 16.9. The number of anilines is 2. The summed E-state index contributed by atoms with van der Waals surface area (Å²) in [5.41, 5.74) is 2.37. The number of hydrogen-bond donors (Lipinski definition) is 0. The van der Waals surface area contributed by atoms with E-state index in [0.29, 0.717) is 54.0 Å². The molecule has 2 aliphatic rings. The average molecular weight is 566 g/mol. The van der Waals surface area contributed by atoms with Crippen LogP contribution >= 0.6 is 24.0 Å². The fraction of sp³-hybridized carbons (Fsp3) is 0.448. The monoisotopic (exact) mass is 565 g/mol. The number of pyridine rings is 1. The van der Waals surface area contributed by atoms with Gasteiger partial charge >= 0.3 is 0 Å². The van der Waals surface area contributed by atoms with Gasteiger partial charge in [-0.1, -0.05) is 55.5 Å². The Labute approximate surface area is 239 Å². The molecule has 1 amide bonds. The van der Waals surface area contributed by atoms with Crippen molar-refractivity contribution in [1.29, 1.82) is 5.26 Å². The van der Waals surface area contributed by atoms with Crippen LogP contribution in [0.1, 0.15) is 42.9 Å². The number of benzene rings is 1. The molecule has 2 aromatic rings. The summed E-state index contributed by atoms with van der Waals surface area (Å²) in [7, 11) is 1.63. The van der Waals surface area contributed by atoms with Gasteiger partial charge in [-0.3, -0.25) is 19.1 Å². The van der Waals surface area contributed by atoms with Gasteiger partial charge in [-0.25, -0.2) is 0 Å². The number of thiocarbonyl (C=S) groups is 1. The second kappa shape index (κ2) is 13.3. The van der Waals surface area contributed by atoms with E-state index in [1.165, 1.54) is 17.4 Å². The van der Waals surface area contributed by atoms with Gasteiger partial charge in [0.1, 0.15) is 21.8 Å². The van der Waals surface area contributed by atoms with Gasteiger partial charge in [0.25, 0.3) is 11.5 Å². The van der Waals surface area contributed by atoms with Crippen LogP contribution in [0.15, 0.2) is 40.0 Å². The van der Waals surface area contributed by atoms with Crippen LogP contribution < -0.4 is 15.4 Å². The van der Waals surface area contributed by atoms with E-state index in [9.17, 15) is 14.9 Å². The summed E-state index contributed by atoms with van der Waals surface area (Å²) in [6.07, 6.45) is 4.25. The first-order valence-corrected chi connectivity index (χ1v) is 14.6. The van der Waals surface area contributed by atoms with E-state index in [0.717, 1.165) is 37.3 Å². The minimum atomic E-state index is -0.270. The molecule has 0 aliphatic carbocycles. The zero-order valence-electron chi connectivity index (χ0n) is 22.8. The van der Waals surface area contributed by atoms with Crippen LogP contribution in [-0.4, -0.2) is 66.1 Å². The topological polar surface area (TPSA) is 81.8 Å². The summed E-state index contributed by atoms with van der Waals surface area (Å²) < 4.78 is 7.40. The molecule has 2 saturated heterocycles. The fourth-order valence-corrected chi connectivity index (χ4v) is 6.30. The summed E-state index contributed by atoms with van der Waals surface area (Å²) in [5.74, 6) is 0.632. The number of aromatic nitrogens is 1. The maximum atomic E-state index is 13.6. The number of piperazine rings is 1. The molecule has 1 aromatic heterocycles. The summed E-state index contributed by atoms with van der Waals surface area (Å²) in [5, 5.41) is 9.94. The average Bonchev–Trinajstić information content (AvgIpc) is 3.22. The Balaban J connectivity index is 1.76. The Morgan fingerprint density at radius 3 is 2.41 bits per heavy atom. The molecule has 0 unspecified atom stereocenters. The molecule has 0 bridgehead atoms. The number of para-hydroxylation sites is 1. The Morgan fingerprint density at radius 2 is 1.77 bits per heavy atom. The van der Waals surface area contributed by atoms with Crippen molar-refractivity contribution in [1.82, 2.24) is 9.47 Å². The minimum Gasteiger partial charge on any atom is -0.385 e. The number of carbonyl (C=O) groups is 1. The molecule has 8 nitrogen and oxygen atoms in total. The van der Waals surface area contributed by atoms with Crippen LogP contribution in [0.3, 0.4) is 0 Å². The summed E-state index contributed by atoms with van der Waals surface area (Å²) in [4.78, 5) is 33.6. The van der Waals surface area contributed by atoms with Crippen LogP contribution in [0.2, 0.25) is 0 Å². The van der Waals surface area contributed by atoms with Gasteiger partial charge in [-0.05, 0) is 43.5 Å². The van der Waals surface area contributed by atoms with Gasteiger partial charge in [-0.15, -0.1) is 0 Å². The molecule has 0 spiro atoms. The quantitative estimate of drug-likeness (QED) is 0.238. The maximum absolute atomic E-state index is 13.6. The van der Waals surface area contributed by atoms with E-state index < -0.39 is 0 Å². The van der Waals surface area contributed by atoms with Crippen molar-refractivity contribution < 1.29 is 9.53 Å². The van der Waals surface area contributed by atoms with Crippen molar-refractivity contribution in [3.63, 3.8) is 0 Å². The van der Waals surface area contributed by atoms with E-state index in [1.807, 2.05) is 24.3 Å². The molecule has 0 atom stereocenters. The predicted molar refractivity (Wildman–Crippen MR) is 162 cm³/mol. The second-order valence-electron chi connectivity index (χ2n) is 9.65. The van der Waals surface area contributed by atoms with Crippen molar-refractivity contribution in [3.8, 4) is 6.07 Å². The summed E-state index contributed by atoms with van der Waals surface area (Å²) in [6.45, 7) is 8.45. The minimum absolute atomic E-state index is 0.125. The Bertz CT molecular complexity index is 1340. The van der Waals surface area contributed by atoms with Gasteiger partial charge in [0.15, 0.2) is 0 Å². The lowest BCUT2D eigenvalue weighted by atomic mass is 10.0. The number of rotatable bonds is 10. The first-order chi connectivity index (χ1) is 18.9. The highest BCUT2D eigenvalue weighted by molar-refractivity contribution is 8.26. The van der Waals surface area contributed by atoms with Gasteiger partial charge in [0.2, 0.25) is 0 Å². The molecule has 2 fully saturated rings.